The van der Waals surface area contributed by atoms with Crippen LogP contribution in [0.25, 0.3) is 0 Å². The van der Waals surface area contributed by atoms with Gasteiger partial charge in [-0.05, 0) is 42.0 Å². The third-order valence-electron chi connectivity index (χ3n) is 3.20. The Morgan fingerprint density at radius 1 is 0.609 bits per heavy atom. The number of rotatable bonds is 4. The monoisotopic (exact) mass is 300 g/mol. The summed E-state index contributed by atoms with van der Waals surface area (Å²) in [6.45, 7) is 0.413. The molecule has 3 aromatic carbocycles. The lowest BCUT2D eigenvalue weighted by Crippen LogP contribution is -1.97. The molecule has 0 aliphatic carbocycles. The molecule has 2 heteroatoms. The Bertz CT molecular complexity index is 782. The van der Waals surface area contributed by atoms with Crippen LogP contribution < -0.4 is 4.89 Å². The van der Waals surface area contributed by atoms with Gasteiger partial charge < -0.3 is 4.89 Å². The van der Waals surface area contributed by atoms with Crippen LogP contribution >= 0.6 is 0 Å². The largest absolute Gasteiger partial charge is 0.337 e. The van der Waals surface area contributed by atoms with Crippen molar-refractivity contribution in [3.63, 3.8) is 0 Å². The Morgan fingerprint density at radius 2 is 1.17 bits per heavy atom. The Kier molecular flexibility index (Phi) is 5.08. The quantitative estimate of drug-likeness (QED) is 0.398. The summed E-state index contributed by atoms with van der Waals surface area (Å²) in [7, 11) is 0. The maximum absolute atomic E-state index is 5.28. The van der Waals surface area contributed by atoms with E-state index < -0.39 is 0 Å². The first kappa shape index (κ1) is 14.9. The molecule has 0 aliphatic heterocycles. The molecule has 0 saturated heterocycles. The van der Waals surface area contributed by atoms with Gasteiger partial charge in [0.1, 0.15) is 6.61 Å². The van der Waals surface area contributed by atoms with E-state index in [0.717, 1.165) is 16.7 Å². The van der Waals surface area contributed by atoms with E-state index in [1.54, 1.807) is 0 Å². The molecule has 0 saturated carbocycles. The topological polar surface area (TPSA) is 18.5 Å². The summed E-state index contributed by atoms with van der Waals surface area (Å²) < 4.78 is 0. The van der Waals surface area contributed by atoms with Gasteiger partial charge in [0.05, 0.1) is 0 Å². The van der Waals surface area contributed by atoms with Crippen LogP contribution in [0.15, 0.2) is 84.9 Å². The number of hydrogen-bond acceptors (Lipinski definition) is 2. The van der Waals surface area contributed by atoms with Crippen LogP contribution in [0, 0.1) is 11.8 Å². The molecule has 0 amide bonds. The molecule has 3 aromatic rings. The van der Waals surface area contributed by atoms with Gasteiger partial charge in [-0.15, -0.1) is 0 Å². The summed E-state index contributed by atoms with van der Waals surface area (Å²) in [6, 6.07) is 27.3. The van der Waals surface area contributed by atoms with Gasteiger partial charge in [-0.3, -0.25) is 0 Å². The molecule has 0 aliphatic rings. The summed E-state index contributed by atoms with van der Waals surface area (Å²) >= 11 is 0. The van der Waals surface area contributed by atoms with Gasteiger partial charge in [0.15, 0.2) is 5.75 Å². The summed E-state index contributed by atoms with van der Waals surface area (Å²) in [4.78, 5) is 10.5. The lowest BCUT2D eigenvalue weighted by Gasteiger charge is -2.04. The van der Waals surface area contributed by atoms with Gasteiger partial charge in [-0.1, -0.05) is 60.4 Å². The highest BCUT2D eigenvalue weighted by Crippen LogP contribution is 2.13. The van der Waals surface area contributed by atoms with E-state index in [9.17, 15) is 0 Å². The van der Waals surface area contributed by atoms with Gasteiger partial charge >= 0.3 is 0 Å². The average molecular weight is 300 g/mol. The maximum atomic E-state index is 5.28. The van der Waals surface area contributed by atoms with Crippen LogP contribution in [-0.2, 0) is 11.5 Å². The molecular formula is C21H16O2. The first-order chi connectivity index (χ1) is 11.4. The Labute approximate surface area is 136 Å². The Balaban J connectivity index is 1.54. The van der Waals surface area contributed by atoms with Gasteiger partial charge in [-0.2, -0.15) is 4.89 Å². The minimum Gasteiger partial charge on any atom is -0.337 e. The van der Waals surface area contributed by atoms with Gasteiger partial charge in [0.25, 0.3) is 0 Å². The van der Waals surface area contributed by atoms with E-state index >= 15 is 0 Å². The Hall–Kier alpha value is -3.02. The predicted octanol–water partition coefficient (Wildman–Crippen LogP) is 4.60. The SMILES string of the molecule is C(#Cc1ccc(OOCc2ccccc2)cc1)c1ccccc1. The van der Waals surface area contributed by atoms with Gasteiger partial charge in [-0.25, -0.2) is 0 Å². The van der Waals surface area contributed by atoms with Crippen LogP contribution in [0.3, 0.4) is 0 Å². The van der Waals surface area contributed by atoms with Crippen molar-refractivity contribution in [2.24, 2.45) is 0 Å². The average Bonchev–Trinajstić information content (AvgIpc) is 2.63. The fourth-order valence-electron chi connectivity index (χ4n) is 2.00. The van der Waals surface area contributed by atoms with Crippen molar-refractivity contribution in [1.29, 1.82) is 0 Å². The summed E-state index contributed by atoms with van der Waals surface area (Å²) in [6.07, 6.45) is 0. The molecule has 2 nitrogen and oxygen atoms in total. The predicted molar refractivity (Wildman–Crippen MR) is 90.7 cm³/mol. The lowest BCUT2D eigenvalue weighted by atomic mass is 10.2. The smallest absolute Gasteiger partial charge is 0.165 e. The van der Waals surface area contributed by atoms with Crippen molar-refractivity contribution < 1.29 is 9.78 Å². The molecule has 0 radical (unpaired) electrons. The van der Waals surface area contributed by atoms with E-state index in [1.807, 2.05) is 84.9 Å². The molecule has 0 aromatic heterocycles. The third kappa shape index (κ3) is 4.74. The summed E-state index contributed by atoms with van der Waals surface area (Å²) in [5, 5.41) is 0. The molecule has 3 rings (SSSR count). The van der Waals surface area contributed by atoms with Crippen LogP contribution in [0.4, 0.5) is 0 Å². The second kappa shape index (κ2) is 7.84. The molecule has 112 valence electrons. The van der Waals surface area contributed by atoms with Crippen molar-refractivity contribution in [3.8, 4) is 17.6 Å². The van der Waals surface area contributed by atoms with Crippen molar-refractivity contribution >= 4 is 0 Å². The second-order valence-electron chi connectivity index (χ2n) is 4.97. The molecule has 0 fully saturated rings. The number of hydrogen-bond donors (Lipinski definition) is 0. The zero-order valence-corrected chi connectivity index (χ0v) is 12.6. The van der Waals surface area contributed by atoms with Crippen molar-refractivity contribution in [2.45, 2.75) is 6.61 Å². The zero-order valence-electron chi connectivity index (χ0n) is 12.6. The molecule has 0 unspecified atom stereocenters. The standard InChI is InChI=1S/C21H16O2/c1-3-7-18(8-4-1)11-12-19-13-15-21(16-14-19)23-22-17-20-9-5-2-6-10-20/h1-10,13-16H,17H2. The van der Waals surface area contributed by atoms with Crippen molar-refractivity contribution in [1.82, 2.24) is 0 Å². The summed E-state index contributed by atoms with van der Waals surface area (Å²) in [5.74, 6) is 6.91. The van der Waals surface area contributed by atoms with Crippen LogP contribution in [0.5, 0.6) is 5.75 Å². The number of benzene rings is 3. The third-order valence-corrected chi connectivity index (χ3v) is 3.20. The van der Waals surface area contributed by atoms with Gasteiger partial charge in [0.2, 0.25) is 0 Å². The Morgan fingerprint density at radius 3 is 1.83 bits per heavy atom. The molecular weight excluding hydrogens is 284 g/mol. The highest BCUT2D eigenvalue weighted by molar-refractivity contribution is 5.44. The molecule has 0 spiro atoms. The van der Waals surface area contributed by atoms with E-state index in [1.165, 1.54) is 0 Å². The second-order valence-corrected chi connectivity index (χ2v) is 4.97. The van der Waals surface area contributed by atoms with E-state index in [0.29, 0.717) is 12.4 Å². The fraction of sp³-hybridized carbons (Fsp3) is 0.0476. The molecule has 0 heterocycles. The summed E-state index contributed by atoms with van der Waals surface area (Å²) in [5.41, 5.74) is 3.00. The zero-order chi connectivity index (χ0) is 15.7. The van der Waals surface area contributed by atoms with Crippen molar-refractivity contribution in [2.75, 3.05) is 0 Å². The first-order valence-corrected chi connectivity index (χ1v) is 7.41. The highest BCUT2D eigenvalue weighted by atomic mass is 17.2. The molecule has 0 bridgehead atoms. The minimum absolute atomic E-state index is 0.413. The van der Waals surface area contributed by atoms with E-state index in [2.05, 4.69) is 11.8 Å². The van der Waals surface area contributed by atoms with Crippen LogP contribution in [-0.4, -0.2) is 0 Å². The maximum Gasteiger partial charge on any atom is 0.165 e. The van der Waals surface area contributed by atoms with E-state index in [4.69, 9.17) is 9.78 Å². The fourth-order valence-corrected chi connectivity index (χ4v) is 2.00. The molecule has 0 atom stereocenters. The normalized spacial score (nSPS) is 9.74. The minimum atomic E-state index is 0.413. The molecule has 0 N–H and O–H groups in total. The highest BCUT2D eigenvalue weighted by Gasteiger charge is 1.96. The van der Waals surface area contributed by atoms with Crippen LogP contribution in [0.1, 0.15) is 16.7 Å². The first-order valence-electron chi connectivity index (χ1n) is 7.41. The van der Waals surface area contributed by atoms with Gasteiger partial charge in [0, 0.05) is 11.1 Å². The van der Waals surface area contributed by atoms with Crippen molar-refractivity contribution in [3.05, 3.63) is 102 Å². The lowest BCUT2D eigenvalue weighted by molar-refractivity contribution is -0.217. The molecule has 23 heavy (non-hydrogen) atoms. The van der Waals surface area contributed by atoms with Crippen LogP contribution in [0.2, 0.25) is 0 Å². The van der Waals surface area contributed by atoms with E-state index in [-0.39, 0.29) is 0 Å².